The molecular weight excluding hydrogens is 341 g/mol. The number of hydrogen-bond donors (Lipinski definition) is 0. The van der Waals surface area contributed by atoms with E-state index in [2.05, 4.69) is 90.8 Å². The SMILES string of the molecule is CN1c2ccccc2C(c2ccccc2)c2ccccc21.F[B-](F)(F)F. The minimum Gasteiger partial charge on any atom is -0.418 e. The van der Waals surface area contributed by atoms with Crippen LogP contribution >= 0.6 is 0 Å². The van der Waals surface area contributed by atoms with Gasteiger partial charge in [-0.1, -0.05) is 66.7 Å². The number of halogens is 4. The fraction of sp³-hybridized carbons (Fsp3) is 0.100. The number of para-hydroxylation sites is 2. The smallest absolute Gasteiger partial charge is 0.418 e. The molecule has 134 valence electrons. The van der Waals surface area contributed by atoms with Crippen LogP contribution < -0.4 is 4.90 Å². The molecule has 0 aromatic heterocycles. The van der Waals surface area contributed by atoms with Gasteiger partial charge in [-0.15, -0.1) is 0 Å². The molecular formula is C20H17BF4N-. The van der Waals surface area contributed by atoms with Crippen LogP contribution in [0.4, 0.5) is 28.6 Å². The van der Waals surface area contributed by atoms with Crippen LogP contribution in [0, 0.1) is 0 Å². The second-order valence-electron chi connectivity index (χ2n) is 6.02. The molecule has 0 bridgehead atoms. The molecule has 4 rings (SSSR count). The molecule has 0 amide bonds. The second-order valence-corrected chi connectivity index (χ2v) is 6.02. The summed E-state index contributed by atoms with van der Waals surface area (Å²) in [6, 6.07) is 28.2. The van der Waals surface area contributed by atoms with Gasteiger partial charge in [-0.2, -0.15) is 0 Å². The Morgan fingerprint density at radius 1 is 0.654 bits per heavy atom. The average Bonchev–Trinajstić information content (AvgIpc) is 2.62. The summed E-state index contributed by atoms with van der Waals surface area (Å²) >= 11 is 0. The van der Waals surface area contributed by atoms with E-state index in [9.17, 15) is 17.3 Å². The molecule has 0 radical (unpaired) electrons. The van der Waals surface area contributed by atoms with Gasteiger partial charge in [-0.05, 0) is 28.8 Å². The number of benzene rings is 3. The van der Waals surface area contributed by atoms with Crippen molar-refractivity contribution in [1.82, 2.24) is 0 Å². The first-order chi connectivity index (χ1) is 12.4. The van der Waals surface area contributed by atoms with E-state index in [1.54, 1.807) is 0 Å². The number of rotatable bonds is 1. The predicted molar refractivity (Wildman–Crippen MR) is 98.5 cm³/mol. The molecule has 1 aliphatic rings. The molecule has 26 heavy (non-hydrogen) atoms. The Balaban J connectivity index is 0.000000349. The van der Waals surface area contributed by atoms with Crippen molar-refractivity contribution in [2.45, 2.75) is 5.92 Å². The Kier molecular flexibility index (Phi) is 5.02. The quantitative estimate of drug-likeness (QED) is 0.367. The zero-order valence-electron chi connectivity index (χ0n) is 14.1. The topological polar surface area (TPSA) is 3.24 Å². The van der Waals surface area contributed by atoms with E-state index in [0.717, 1.165) is 0 Å². The fourth-order valence-corrected chi connectivity index (χ4v) is 3.38. The van der Waals surface area contributed by atoms with Crippen molar-refractivity contribution in [2.24, 2.45) is 0 Å². The van der Waals surface area contributed by atoms with E-state index in [-0.39, 0.29) is 0 Å². The number of nitrogens with zero attached hydrogens (tertiary/aromatic N) is 1. The largest absolute Gasteiger partial charge is 0.673 e. The lowest BCUT2D eigenvalue weighted by molar-refractivity contribution is 0.368. The van der Waals surface area contributed by atoms with Crippen molar-refractivity contribution in [3.63, 3.8) is 0 Å². The Morgan fingerprint density at radius 2 is 1.04 bits per heavy atom. The third-order valence-electron chi connectivity index (χ3n) is 4.35. The Bertz CT molecular complexity index is 827. The monoisotopic (exact) mass is 358 g/mol. The van der Waals surface area contributed by atoms with E-state index in [4.69, 9.17) is 0 Å². The standard InChI is InChI=1S/C20H17N.BF4/c1-21-18-13-7-5-11-16(18)20(15-9-3-2-4-10-15)17-12-6-8-14-19(17)21;2-1(3,4)5/h2-14,20H,1H3;/q;-1. The first-order valence-electron chi connectivity index (χ1n) is 8.20. The first-order valence-corrected chi connectivity index (χ1v) is 8.20. The molecule has 0 spiro atoms. The molecule has 0 saturated carbocycles. The molecule has 0 N–H and O–H groups in total. The molecule has 1 nitrogen and oxygen atoms in total. The lowest BCUT2D eigenvalue weighted by atomic mass is 9.80. The van der Waals surface area contributed by atoms with Crippen LogP contribution in [0.1, 0.15) is 22.6 Å². The Labute approximate surface area is 150 Å². The van der Waals surface area contributed by atoms with Crippen molar-refractivity contribution in [3.8, 4) is 0 Å². The van der Waals surface area contributed by atoms with Gasteiger partial charge in [0.25, 0.3) is 0 Å². The van der Waals surface area contributed by atoms with Crippen LogP contribution in [0.3, 0.4) is 0 Å². The Morgan fingerprint density at radius 3 is 1.50 bits per heavy atom. The average molecular weight is 358 g/mol. The maximum atomic E-state index is 9.75. The zero-order chi connectivity index (χ0) is 18.7. The molecule has 3 aromatic carbocycles. The predicted octanol–water partition coefficient (Wildman–Crippen LogP) is 6.25. The highest BCUT2D eigenvalue weighted by atomic mass is 19.5. The summed E-state index contributed by atoms with van der Waals surface area (Å²) < 4.78 is 39.0. The summed E-state index contributed by atoms with van der Waals surface area (Å²) in [5.74, 6) is 0.315. The van der Waals surface area contributed by atoms with Gasteiger partial charge in [0.2, 0.25) is 0 Å². The van der Waals surface area contributed by atoms with E-state index < -0.39 is 7.25 Å². The first kappa shape index (κ1) is 18.0. The molecule has 0 unspecified atom stereocenters. The van der Waals surface area contributed by atoms with Crippen molar-refractivity contribution in [2.75, 3.05) is 11.9 Å². The van der Waals surface area contributed by atoms with Gasteiger partial charge >= 0.3 is 7.25 Å². The number of hydrogen-bond acceptors (Lipinski definition) is 1. The van der Waals surface area contributed by atoms with Crippen LogP contribution in [-0.4, -0.2) is 14.3 Å². The minimum atomic E-state index is -6.00. The van der Waals surface area contributed by atoms with Gasteiger partial charge in [0, 0.05) is 24.3 Å². The summed E-state index contributed by atoms with van der Waals surface area (Å²) in [5, 5.41) is 0. The molecule has 0 aliphatic carbocycles. The van der Waals surface area contributed by atoms with Crippen LogP contribution in [0.5, 0.6) is 0 Å². The Hall–Kier alpha value is -2.76. The van der Waals surface area contributed by atoms with Crippen LogP contribution in [0.25, 0.3) is 0 Å². The second kappa shape index (κ2) is 7.24. The highest BCUT2D eigenvalue weighted by Gasteiger charge is 2.29. The molecule has 6 heteroatoms. The summed E-state index contributed by atoms with van der Waals surface area (Å²) in [7, 11) is -3.85. The van der Waals surface area contributed by atoms with Crippen LogP contribution in [0.15, 0.2) is 78.9 Å². The molecule has 3 aromatic rings. The summed E-state index contributed by atoms with van der Waals surface area (Å²) in [5.41, 5.74) is 6.70. The summed E-state index contributed by atoms with van der Waals surface area (Å²) in [6.45, 7) is 0. The van der Waals surface area contributed by atoms with E-state index in [1.807, 2.05) is 0 Å². The van der Waals surface area contributed by atoms with Crippen molar-refractivity contribution in [1.29, 1.82) is 0 Å². The summed E-state index contributed by atoms with van der Waals surface area (Å²) in [4.78, 5) is 2.30. The van der Waals surface area contributed by atoms with Gasteiger partial charge in [0.1, 0.15) is 0 Å². The van der Waals surface area contributed by atoms with Gasteiger partial charge < -0.3 is 22.2 Å². The van der Waals surface area contributed by atoms with Crippen LogP contribution in [-0.2, 0) is 0 Å². The maximum Gasteiger partial charge on any atom is 0.673 e. The lowest BCUT2D eigenvalue weighted by Gasteiger charge is -2.35. The molecule has 0 fully saturated rings. The minimum absolute atomic E-state index is 0.315. The number of anilines is 2. The molecule has 1 heterocycles. The van der Waals surface area contributed by atoms with E-state index in [0.29, 0.717) is 5.92 Å². The normalized spacial score (nSPS) is 13.3. The van der Waals surface area contributed by atoms with Crippen LogP contribution in [0.2, 0.25) is 0 Å². The zero-order valence-corrected chi connectivity index (χ0v) is 14.1. The van der Waals surface area contributed by atoms with Gasteiger partial charge in [-0.25, -0.2) is 0 Å². The van der Waals surface area contributed by atoms with Crippen molar-refractivity contribution >= 4 is 18.6 Å². The maximum absolute atomic E-state index is 9.75. The fourth-order valence-electron chi connectivity index (χ4n) is 3.38. The van der Waals surface area contributed by atoms with E-state index in [1.165, 1.54) is 28.1 Å². The van der Waals surface area contributed by atoms with Gasteiger partial charge in [0.15, 0.2) is 0 Å². The highest BCUT2D eigenvalue weighted by molar-refractivity contribution is 6.50. The van der Waals surface area contributed by atoms with Gasteiger partial charge in [-0.3, -0.25) is 0 Å². The van der Waals surface area contributed by atoms with Gasteiger partial charge in [0.05, 0.1) is 0 Å². The lowest BCUT2D eigenvalue weighted by Crippen LogP contribution is -2.22. The molecule has 0 atom stereocenters. The number of fused-ring (bicyclic) bond motifs is 2. The highest BCUT2D eigenvalue weighted by Crippen LogP contribution is 2.47. The summed E-state index contributed by atoms with van der Waals surface area (Å²) in [6.07, 6.45) is 0. The molecule has 0 saturated heterocycles. The third-order valence-corrected chi connectivity index (χ3v) is 4.35. The molecule has 1 aliphatic heterocycles. The van der Waals surface area contributed by atoms with Crippen molar-refractivity contribution < 1.29 is 17.3 Å². The van der Waals surface area contributed by atoms with E-state index >= 15 is 0 Å². The third kappa shape index (κ3) is 3.90. The van der Waals surface area contributed by atoms with Crippen molar-refractivity contribution in [3.05, 3.63) is 95.6 Å².